The topological polar surface area (TPSA) is 117 Å². The van der Waals surface area contributed by atoms with E-state index in [-0.39, 0.29) is 16.4 Å². The van der Waals surface area contributed by atoms with E-state index in [0.717, 1.165) is 6.07 Å². The van der Waals surface area contributed by atoms with Crippen molar-refractivity contribution in [2.45, 2.75) is 24.8 Å². The predicted octanol–water partition coefficient (Wildman–Crippen LogP) is 1.12. The Labute approximate surface area is 115 Å². The first-order chi connectivity index (χ1) is 9.44. The Hall–Kier alpha value is -2.29. The second kappa shape index (κ2) is 5.37. The van der Waals surface area contributed by atoms with Gasteiger partial charge in [0.15, 0.2) is 0 Å². The minimum Gasteiger partial charge on any atom is -0.477 e. The molecule has 0 amide bonds. The highest BCUT2D eigenvalue weighted by molar-refractivity contribution is 7.92. The maximum Gasteiger partial charge on any atom is 0.352 e. The van der Waals surface area contributed by atoms with Crippen LogP contribution in [-0.2, 0) is 16.6 Å². The number of aromatic nitrogens is 3. The molecule has 108 valence electrons. The van der Waals surface area contributed by atoms with Gasteiger partial charge in [0.25, 0.3) is 10.0 Å². The Morgan fingerprint density at radius 2 is 2.30 bits per heavy atom. The van der Waals surface area contributed by atoms with E-state index in [4.69, 9.17) is 5.11 Å². The van der Waals surface area contributed by atoms with Crippen LogP contribution < -0.4 is 4.72 Å². The number of hydrogen-bond acceptors (Lipinski definition) is 4. The summed E-state index contributed by atoms with van der Waals surface area (Å²) in [6.07, 6.45) is 3.41. The zero-order chi connectivity index (χ0) is 14.8. The second-order valence-corrected chi connectivity index (χ2v) is 5.82. The summed E-state index contributed by atoms with van der Waals surface area (Å²) in [5.74, 6) is -0.952. The normalized spacial score (nSPS) is 11.4. The minimum absolute atomic E-state index is 0.0585. The fraction of sp³-hybridized carbons (Fsp3) is 0.273. The number of nitrogens with one attached hydrogen (secondary N) is 2. The highest BCUT2D eigenvalue weighted by Crippen LogP contribution is 2.18. The Kier molecular flexibility index (Phi) is 3.79. The van der Waals surface area contributed by atoms with Crippen LogP contribution in [0.1, 0.15) is 23.8 Å². The average molecular weight is 298 g/mol. The van der Waals surface area contributed by atoms with Crippen molar-refractivity contribution in [3.8, 4) is 0 Å². The van der Waals surface area contributed by atoms with Crippen molar-refractivity contribution in [2.24, 2.45) is 0 Å². The lowest BCUT2D eigenvalue weighted by atomic mass is 10.4. The van der Waals surface area contributed by atoms with Gasteiger partial charge in [-0.1, -0.05) is 6.92 Å². The van der Waals surface area contributed by atoms with Crippen LogP contribution in [0.25, 0.3) is 0 Å². The number of hydrogen-bond donors (Lipinski definition) is 3. The number of anilines is 1. The number of nitrogens with zero attached hydrogens (tertiary/aromatic N) is 2. The van der Waals surface area contributed by atoms with Crippen molar-refractivity contribution in [1.82, 2.24) is 14.8 Å². The molecule has 0 radical (unpaired) electrons. The molecule has 0 aliphatic rings. The summed E-state index contributed by atoms with van der Waals surface area (Å²) in [5.41, 5.74) is -0.0585. The van der Waals surface area contributed by atoms with E-state index in [9.17, 15) is 13.2 Å². The summed E-state index contributed by atoms with van der Waals surface area (Å²) in [6.45, 7) is 2.31. The highest BCUT2D eigenvalue weighted by Gasteiger charge is 2.21. The van der Waals surface area contributed by atoms with E-state index in [1.807, 2.05) is 6.92 Å². The summed E-state index contributed by atoms with van der Waals surface area (Å²) in [4.78, 5) is 11.0. The second-order valence-electron chi connectivity index (χ2n) is 4.14. The molecule has 0 aliphatic carbocycles. The van der Waals surface area contributed by atoms with E-state index in [0.29, 0.717) is 13.0 Å². The van der Waals surface area contributed by atoms with Gasteiger partial charge in [-0.05, 0) is 12.5 Å². The SMILES string of the molecule is CCCn1cc(S(=O)(=O)Nc2ccn[nH]2)cc1C(=O)O. The monoisotopic (exact) mass is 298 g/mol. The van der Waals surface area contributed by atoms with E-state index >= 15 is 0 Å². The van der Waals surface area contributed by atoms with Crippen LogP contribution in [-0.4, -0.2) is 34.3 Å². The van der Waals surface area contributed by atoms with Crippen LogP contribution in [0.2, 0.25) is 0 Å². The van der Waals surface area contributed by atoms with Gasteiger partial charge in [0.1, 0.15) is 16.4 Å². The van der Waals surface area contributed by atoms with Crippen molar-refractivity contribution in [1.29, 1.82) is 0 Å². The van der Waals surface area contributed by atoms with Gasteiger partial charge < -0.3 is 9.67 Å². The van der Waals surface area contributed by atoms with Crippen molar-refractivity contribution in [2.75, 3.05) is 4.72 Å². The Morgan fingerprint density at radius 3 is 2.85 bits per heavy atom. The van der Waals surface area contributed by atoms with Crippen molar-refractivity contribution in [3.63, 3.8) is 0 Å². The third-order valence-electron chi connectivity index (χ3n) is 2.61. The Morgan fingerprint density at radius 1 is 1.55 bits per heavy atom. The quantitative estimate of drug-likeness (QED) is 0.738. The van der Waals surface area contributed by atoms with Crippen LogP contribution in [0.3, 0.4) is 0 Å². The standard InChI is InChI=1S/C11H14N4O4S/c1-2-5-15-7-8(6-9(15)11(16)17)20(18,19)14-10-3-4-12-13-10/h3-4,6-7H,2,5H2,1H3,(H,16,17)(H2,12,13,14). The van der Waals surface area contributed by atoms with Gasteiger partial charge in [-0.15, -0.1) is 0 Å². The van der Waals surface area contributed by atoms with Gasteiger partial charge in [0.05, 0.1) is 6.20 Å². The summed E-state index contributed by atoms with van der Waals surface area (Å²) >= 11 is 0. The third-order valence-corrected chi connectivity index (χ3v) is 3.94. The molecule has 2 aromatic heterocycles. The molecule has 2 aromatic rings. The van der Waals surface area contributed by atoms with Gasteiger partial charge in [0.2, 0.25) is 0 Å². The maximum atomic E-state index is 12.1. The summed E-state index contributed by atoms with van der Waals surface area (Å²) in [5, 5.41) is 15.2. The van der Waals surface area contributed by atoms with Crippen molar-refractivity contribution >= 4 is 21.8 Å². The molecule has 3 N–H and O–H groups in total. The van der Waals surface area contributed by atoms with E-state index in [2.05, 4.69) is 14.9 Å². The molecule has 0 fully saturated rings. The minimum atomic E-state index is -3.84. The summed E-state index contributed by atoms with van der Waals surface area (Å²) < 4.78 is 27.9. The van der Waals surface area contributed by atoms with E-state index < -0.39 is 16.0 Å². The highest BCUT2D eigenvalue weighted by atomic mass is 32.2. The maximum absolute atomic E-state index is 12.1. The number of aromatic carboxylic acids is 1. The number of carboxylic acid groups (broad SMARTS) is 1. The molecule has 8 nitrogen and oxygen atoms in total. The lowest BCUT2D eigenvalue weighted by Crippen LogP contribution is -2.12. The first kappa shape index (κ1) is 14.1. The summed E-state index contributed by atoms with van der Waals surface area (Å²) in [7, 11) is -3.84. The molecule has 0 spiro atoms. The largest absolute Gasteiger partial charge is 0.477 e. The molecule has 0 unspecified atom stereocenters. The molecule has 0 aliphatic heterocycles. The first-order valence-corrected chi connectivity index (χ1v) is 7.38. The molecular formula is C11H14N4O4S. The molecule has 0 aromatic carbocycles. The zero-order valence-corrected chi connectivity index (χ0v) is 11.5. The number of rotatable bonds is 6. The third kappa shape index (κ3) is 2.82. The zero-order valence-electron chi connectivity index (χ0n) is 10.7. The van der Waals surface area contributed by atoms with Gasteiger partial charge >= 0.3 is 5.97 Å². The predicted molar refractivity (Wildman–Crippen MR) is 71.1 cm³/mol. The van der Waals surface area contributed by atoms with Crippen molar-refractivity contribution < 1.29 is 18.3 Å². The smallest absolute Gasteiger partial charge is 0.352 e. The average Bonchev–Trinajstić information content (AvgIpc) is 2.98. The van der Waals surface area contributed by atoms with Crippen LogP contribution >= 0.6 is 0 Å². The molecule has 0 bridgehead atoms. The number of aryl methyl sites for hydroxylation is 1. The first-order valence-electron chi connectivity index (χ1n) is 5.89. The Balaban J connectivity index is 2.36. The molecule has 0 saturated carbocycles. The number of aromatic amines is 1. The number of H-pyrrole nitrogens is 1. The molecule has 20 heavy (non-hydrogen) atoms. The van der Waals surface area contributed by atoms with Gasteiger partial charge in [-0.25, -0.2) is 13.2 Å². The summed E-state index contributed by atoms with van der Waals surface area (Å²) in [6, 6.07) is 2.59. The molecular weight excluding hydrogens is 284 g/mol. The fourth-order valence-corrected chi connectivity index (χ4v) is 2.81. The van der Waals surface area contributed by atoms with Crippen LogP contribution in [0.5, 0.6) is 0 Å². The van der Waals surface area contributed by atoms with Gasteiger partial charge in [-0.2, -0.15) is 5.10 Å². The number of sulfonamides is 1. The molecule has 0 atom stereocenters. The van der Waals surface area contributed by atoms with Crippen molar-refractivity contribution in [3.05, 3.63) is 30.2 Å². The number of carbonyl (C=O) groups is 1. The van der Waals surface area contributed by atoms with Crippen LogP contribution in [0.4, 0.5) is 5.82 Å². The van der Waals surface area contributed by atoms with Gasteiger partial charge in [0, 0.05) is 18.8 Å². The van der Waals surface area contributed by atoms with E-state index in [1.54, 1.807) is 0 Å². The molecule has 2 rings (SSSR count). The lowest BCUT2D eigenvalue weighted by molar-refractivity contribution is 0.0685. The molecule has 2 heterocycles. The van der Waals surface area contributed by atoms with Crippen LogP contribution in [0, 0.1) is 0 Å². The fourth-order valence-electron chi connectivity index (χ4n) is 1.75. The van der Waals surface area contributed by atoms with Crippen LogP contribution in [0.15, 0.2) is 29.4 Å². The molecule has 9 heteroatoms. The lowest BCUT2D eigenvalue weighted by Gasteiger charge is -2.03. The Bertz CT molecular complexity index is 703. The number of carboxylic acids is 1. The molecule has 0 saturated heterocycles. The van der Waals surface area contributed by atoms with E-state index in [1.165, 1.54) is 23.0 Å². The van der Waals surface area contributed by atoms with Gasteiger partial charge in [-0.3, -0.25) is 9.82 Å².